The maximum absolute atomic E-state index is 10.9. The summed E-state index contributed by atoms with van der Waals surface area (Å²) in [5.41, 5.74) is 1.66. The predicted molar refractivity (Wildman–Crippen MR) is 82.4 cm³/mol. The van der Waals surface area contributed by atoms with E-state index in [4.69, 9.17) is 0 Å². The summed E-state index contributed by atoms with van der Waals surface area (Å²) in [5, 5.41) is 23.4. The summed E-state index contributed by atoms with van der Waals surface area (Å²) in [4.78, 5) is 12.9. The van der Waals surface area contributed by atoms with Gasteiger partial charge in [0.2, 0.25) is 0 Å². The van der Waals surface area contributed by atoms with Crippen molar-refractivity contribution in [2.45, 2.75) is 38.3 Å². The summed E-state index contributed by atoms with van der Waals surface area (Å²) < 4.78 is 0. The Labute approximate surface area is 124 Å². The van der Waals surface area contributed by atoms with Gasteiger partial charge < -0.3 is 10.4 Å². The van der Waals surface area contributed by atoms with Crippen LogP contribution in [0.25, 0.3) is 0 Å². The van der Waals surface area contributed by atoms with Crippen molar-refractivity contribution < 1.29 is 10.0 Å². The minimum absolute atomic E-state index is 0.0934. The zero-order valence-electron chi connectivity index (χ0n) is 12.4. The van der Waals surface area contributed by atoms with Crippen molar-refractivity contribution in [1.29, 1.82) is 0 Å². The summed E-state index contributed by atoms with van der Waals surface area (Å²) >= 11 is 0. The van der Waals surface area contributed by atoms with Crippen molar-refractivity contribution in [2.75, 3.05) is 25.5 Å². The molecule has 6 nitrogen and oxygen atoms in total. The van der Waals surface area contributed by atoms with E-state index in [-0.39, 0.29) is 23.3 Å². The monoisotopic (exact) mass is 293 g/mol. The van der Waals surface area contributed by atoms with Crippen LogP contribution in [0.3, 0.4) is 0 Å². The molecule has 6 heteroatoms. The number of nitro benzene ring substituents is 1. The molecule has 1 saturated heterocycles. The fourth-order valence-electron chi connectivity index (χ4n) is 2.93. The molecule has 0 aromatic heterocycles. The van der Waals surface area contributed by atoms with Crippen LogP contribution >= 0.6 is 0 Å². The van der Waals surface area contributed by atoms with E-state index in [9.17, 15) is 15.2 Å². The first-order valence-corrected chi connectivity index (χ1v) is 7.45. The Kier molecular flexibility index (Phi) is 5.52. The second-order valence-electron chi connectivity index (χ2n) is 5.51. The number of hydrogen-bond donors (Lipinski definition) is 2. The molecule has 0 spiro atoms. The molecule has 1 atom stereocenters. The van der Waals surface area contributed by atoms with E-state index in [2.05, 4.69) is 10.2 Å². The molecule has 1 fully saturated rings. The largest absolute Gasteiger partial charge is 0.395 e. The van der Waals surface area contributed by atoms with Crippen molar-refractivity contribution in [2.24, 2.45) is 0 Å². The molecular formula is C15H23N3O3. The molecule has 1 heterocycles. The fourth-order valence-corrected chi connectivity index (χ4v) is 2.93. The van der Waals surface area contributed by atoms with Gasteiger partial charge in [-0.2, -0.15) is 0 Å². The molecule has 0 amide bonds. The van der Waals surface area contributed by atoms with E-state index in [1.54, 1.807) is 19.2 Å². The van der Waals surface area contributed by atoms with Gasteiger partial charge in [-0.1, -0.05) is 18.9 Å². The smallest absolute Gasteiger partial charge is 0.292 e. The van der Waals surface area contributed by atoms with Gasteiger partial charge in [0.25, 0.3) is 5.69 Å². The van der Waals surface area contributed by atoms with Gasteiger partial charge in [0.1, 0.15) is 5.69 Å². The van der Waals surface area contributed by atoms with E-state index < -0.39 is 0 Å². The van der Waals surface area contributed by atoms with E-state index in [0.717, 1.165) is 37.9 Å². The quantitative estimate of drug-likeness (QED) is 0.643. The Bertz CT molecular complexity index is 493. The zero-order chi connectivity index (χ0) is 15.2. The van der Waals surface area contributed by atoms with Gasteiger partial charge >= 0.3 is 0 Å². The van der Waals surface area contributed by atoms with Gasteiger partial charge in [0.05, 0.1) is 11.5 Å². The third-order valence-electron chi connectivity index (χ3n) is 4.12. The normalized spacial score (nSPS) is 20.0. The predicted octanol–water partition coefficient (Wildman–Crippen LogP) is 2.37. The Morgan fingerprint density at radius 2 is 2.24 bits per heavy atom. The van der Waals surface area contributed by atoms with Gasteiger partial charge in [0.15, 0.2) is 0 Å². The van der Waals surface area contributed by atoms with Gasteiger partial charge in [-0.25, -0.2) is 0 Å². The van der Waals surface area contributed by atoms with Crippen molar-refractivity contribution in [3.8, 4) is 0 Å². The Morgan fingerprint density at radius 1 is 1.43 bits per heavy atom. The molecular weight excluding hydrogens is 270 g/mol. The van der Waals surface area contributed by atoms with E-state index >= 15 is 0 Å². The molecule has 0 radical (unpaired) electrons. The summed E-state index contributed by atoms with van der Waals surface area (Å²) in [7, 11) is 1.69. The third kappa shape index (κ3) is 3.92. The van der Waals surface area contributed by atoms with Crippen LogP contribution in [0.1, 0.15) is 31.2 Å². The van der Waals surface area contributed by atoms with Crippen molar-refractivity contribution in [3.63, 3.8) is 0 Å². The Hall–Kier alpha value is -1.66. The molecule has 21 heavy (non-hydrogen) atoms. The molecule has 0 saturated carbocycles. The fraction of sp³-hybridized carbons (Fsp3) is 0.600. The second-order valence-corrected chi connectivity index (χ2v) is 5.51. The molecule has 116 valence electrons. The highest BCUT2D eigenvalue weighted by Crippen LogP contribution is 2.26. The molecule has 2 N–H and O–H groups in total. The lowest BCUT2D eigenvalue weighted by atomic mass is 10.1. The Morgan fingerprint density at radius 3 is 2.90 bits per heavy atom. The van der Waals surface area contributed by atoms with Gasteiger partial charge in [-0.15, -0.1) is 0 Å². The van der Waals surface area contributed by atoms with Gasteiger partial charge in [0, 0.05) is 25.7 Å². The Balaban J connectivity index is 2.16. The van der Waals surface area contributed by atoms with Crippen molar-refractivity contribution >= 4 is 11.4 Å². The number of anilines is 1. The zero-order valence-corrected chi connectivity index (χ0v) is 12.4. The number of hydrogen-bond acceptors (Lipinski definition) is 5. The maximum atomic E-state index is 10.9. The van der Waals surface area contributed by atoms with Gasteiger partial charge in [-0.05, 0) is 31.0 Å². The summed E-state index contributed by atoms with van der Waals surface area (Å²) in [6.07, 6.45) is 4.52. The molecule has 2 rings (SSSR count). The van der Waals surface area contributed by atoms with Crippen LogP contribution < -0.4 is 5.32 Å². The molecule has 0 aliphatic carbocycles. The second kappa shape index (κ2) is 7.38. The summed E-state index contributed by atoms with van der Waals surface area (Å²) in [5.74, 6) is 0. The molecule has 1 unspecified atom stereocenters. The van der Waals surface area contributed by atoms with Crippen LogP contribution in [0, 0.1) is 10.1 Å². The minimum Gasteiger partial charge on any atom is -0.395 e. The maximum Gasteiger partial charge on any atom is 0.292 e. The van der Waals surface area contributed by atoms with E-state index in [1.165, 1.54) is 6.42 Å². The molecule has 1 aliphatic rings. The van der Waals surface area contributed by atoms with Gasteiger partial charge in [-0.3, -0.25) is 15.0 Å². The highest BCUT2D eigenvalue weighted by atomic mass is 16.6. The first-order valence-electron chi connectivity index (χ1n) is 7.45. The van der Waals surface area contributed by atoms with Crippen molar-refractivity contribution in [3.05, 3.63) is 33.9 Å². The highest BCUT2D eigenvalue weighted by Gasteiger charge is 2.21. The lowest BCUT2D eigenvalue weighted by Crippen LogP contribution is -2.36. The molecule has 1 aromatic carbocycles. The SMILES string of the molecule is CNc1cc(CN2CCCCCC2CO)ccc1[N+](=O)[O-]. The number of nitro groups is 1. The number of nitrogens with one attached hydrogen (secondary N) is 1. The van der Waals surface area contributed by atoms with E-state index in [1.807, 2.05) is 6.07 Å². The number of aliphatic hydroxyl groups is 1. The lowest BCUT2D eigenvalue weighted by molar-refractivity contribution is -0.384. The number of aliphatic hydroxyl groups excluding tert-OH is 1. The van der Waals surface area contributed by atoms with Crippen LogP contribution in [0.2, 0.25) is 0 Å². The average molecular weight is 293 g/mol. The number of likely N-dealkylation sites (tertiary alicyclic amines) is 1. The van der Waals surface area contributed by atoms with Crippen LogP contribution in [-0.2, 0) is 6.54 Å². The molecule has 1 aliphatic heterocycles. The van der Waals surface area contributed by atoms with Crippen LogP contribution in [0.5, 0.6) is 0 Å². The number of rotatable bonds is 5. The molecule has 0 bridgehead atoms. The van der Waals surface area contributed by atoms with Crippen LogP contribution in [0.15, 0.2) is 18.2 Å². The van der Waals surface area contributed by atoms with E-state index in [0.29, 0.717) is 5.69 Å². The third-order valence-corrected chi connectivity index (χ3v) is 4.12. The number of benzene rings is 1. The first-order chi connectivity index (χ1) is 10.2. The summed E-state index contributed by atoms with van der Waals surface area (Å²) in [6.45, 7) is 1.86. The number of nitrogens with zero attached hydrogens (tertiary/aromatic N) is 2. The van der Waals surface area contributed by atoms with Crippen LogP contribution in [-0.4, -0.2) is 41.2 Å². The highest BCUT2D eigenvalue weighted by molar-refractivity contribution is 5.62. The minimum atomic E-state index is -0.377. The first kappa shape index (κ1) is 15.7. The standard InChI is InChI=1S/C15H23N3O3/c1-16-14-9-12(6-7-15(14)18(20)21)10-17-8-4-2-3-5-13(17)11-19/h6-7,9,13,16,19H,2-5,8,10-11H2,1H3. The lowest BCUT2D eigenvalue weighted by Gasteiger charge is -2.28. The summed E-state index contributed by atoms with van der Waals surface area (Å²) in [6, 6.07) is 5.38. The van der Waals surface area contributed by atoms with Crippen molar-refractivity contribution in [1.82, 2.24) is 4.90 Å². The average Bonchev–Trinajstić information content (AvgIpc) is 2.71. The van der Waals surface area contributed by atoms with Crippen LogP contribution in [0.4, 0.5) is 11.4 Å². The molecule has 1 aromatic rings. The topological polar surface area (TPSA) is 78.6 Å².